The third-order valence-corrected chi connectivity index (χ3v) is 6.51. The maximum Gasteiger partial charge on any atom is 0.255 e. The average molecular weight is 456 g/mol. The molecule has 6 heterocycles. The smallest absolute Gasteiger partial charge is 0.255 e. The molecule has 0 aromatic carbocycles. The Kier molecular flexibility index (Phi) is 4.70. The summed E-state index contributed by atoms with van der Waals surface area (Å²) in [4.78, 5) is 29.9. The number of nitrogens with one attached hydrogen (secondary N) is 2. The van der Waals surface area contributed by atoms with Crippen molar-refractivity contribution in [3.05, 3.63) is 60.7 Å². The highest BCUT2D eigenvalue weighted by atomic mass is 16.2. The minimum absolute atomic E-state index is 0.102. The van der Waals surface area contributed by atoms with Gasteiger partial charge >= 0.3 is 0 Å². The molecule has 0 radical (unpaired) electrons. The topological polar surface area (TPSA) is 104 Å². The second-order valence-corrected chi connectivity index (χ2v) is 9.25. The van der Waals surface area contributed by atoms with Crippen LogP contribution in [0.25, 0.3) is 16.8 Å². The molecule has 4 aromatic heterocycles. The van der Waals surface area contributed by atoms with Gasteiger partial charge in [0.2, 0.25) is 5.95 Å². The summed E-state index contributed by atoms with van der Waals surface area (Å²) in [6.07, 6.45) is 6.98. The van der Waals surface area contributed by atoms with Crippen LogP contribution in [0.1, 0.15) is 10.4 Å². The van der Waals surface area contributed by atoms with Crippen molar-refractivity contribution in [3.63, 3.8) is 0 Å². The van der Waals surface area contributed by atoms with Crippen LogP contribution in [0.2, 0.25) is 0 Å². The number of anilines is 3. The van der Waals surface area contributed by atoms with E-state index in [1.165, 1.54) is 0 Å². The number of aromatic nitrogens is 5. The number of fused-ring (bicyclic) bond motifs is 1. The molecule has 10 nitrogen and oxygen atoms in total. The Hall–Kier alpha value is -4.05. The van der Waals surface area contributed by atoms with E-state index >= 15 is 0 Å². The van der Waals surface area contributed by atoms with Gasteiger partial charge in [0, 0.05) is 63.6 Å². The van der Waals surface area contributed by atoms with Gasteiger partial charge in [-0.2, -0.15) is 0 Å². The van der Waals surface area contributed by atoms with E-state index in [-0.39, 0.29) is 5.91 Å². The van der Waals surface area contributed by atoms with Crippen molar-refractivity contribution in [1.29, 1.82) is 0 Å². The number of hydrogen-bond donors (Lipinski definition) is 2. The molecule has 0 aliphatic carbocycles. The van der Waals surface area contributed by atoms with Crippen molar-refractivity contribution in [2.45, 2.75) is 0 Å². The van der Waals surface area contributed by atoms with Gasteiger partial charge in [0.1, 0.15) is 5.82 Å². The summed E-state index contributed by atoms with van der Waals surface area (Å²) in [5.41, 5.74) is 4.42. The van der Waals surface area contributed by atoms with Gasteiger partial charge in [0.15, 0.2) is 0 Å². The zero-order valence-corrected chi connectivity index (χ0v) is 19.1. The van der Waals surface area contributed by atoms with Gasteiger partial charge in [-0.1, -0.05) is 0 Å². The second kappa shape index (κ2) is 7.77. The molecule has 0 atom stereocenters. The summed E-state index contributed by atoms with van der Waals surface area (Å²) < 4.78 is 1.74. The van der Waals surface area contributed by atoms with Gasteiger partial charge in [-0.25, -0.2) is 14.5 Å². The Balaban J connectivity index is 1.29. The van der Waals surface area contributed by atoms with Gasteiger partial charge in [-0.15, -0.1) is 5.10 Å². The van der Waals surface area contributed by atoms with Crippen molar-refractivity contribution in [2.24, 2.45) is 5.41 Å². The molecule has 1 amide bonds. The standard InChI is InChI=1S/C24H25N9O/c1-31(2)22(34)19-9-18-11-28-23(30-33(18)21(19)16-5-7-25-8-6-16)29-20-4-3-17(10-27-20)32-14-24(15-32)12-26-13-24/h3-11,26H,12-15H2,1-2H3,(H,27,29,30). The van der Waals surface area contributed by atoms with Gasteiger partial charge < -0.3 is 20.4 Å². The van der Waals surface area contributed by atoms with Crippen LogP contribution in [0.4, 0.5) is 17.5 Å². The predicted octanol–water partition coefficient (Wildman–Crippen LogP) is 2.04. The van der Waals surface area contributed by atoms with Crippen molar-refractivity contribution in [2.75, 3.05) is 50.5 Å². The Morgan fingerprint density at radius 1 is 1.09 bits per heavy atom. The summed E-state index contributed by atoms with van der Waals surface area (Å²) in [5, 5.41) is 11.2. The summed E-state index contributed by atoms with van der Waals surface area (Å²) in [7, 11) is 3.47. The van der Waals surface area contributed by atoms with Gasteiger partial charge in [-0.3, -0.25) is 9.78 Å². The summed E-state index contributed by atoms with van der Waals surface area (Å²) in [5.74, 6) is 0.950. The van der Waals surface area contributed by atoms with Gasteiger partial charge in [-0.05, 0) is 30.3 Å². The van der Waals surface area contributed by atoms with Crippen LogP contribution < -0.4 is 15.5 Å². The molecule has 0 saturated carbocycles. The molecule has 2 aliphatic rings. The van der Waals surface area contributed by atoms with E-state index in [9.17, 15) is 4.79 Å². The quantitative estimate of drug-likeness (QED) is 0.471. The van der Waals surface area contributed by atoms with Crippen LogP contribution in [0.5, 0.6) is 0 Å². The van der Waals surface area contributed by atoms with E-state index in [1.54, 1.807) is 42.1 Å². The lowest BCUT2D eigenvalue weighted by atomic mass is 9.74. The zero-order chi connectivity index (χ0) is 23.3. The highest BCUT2D eigenvalue weighted by molar-refractivity contribution is 6.01. The van der Waals surface area contributed by atoms with E-state index in [1.807, 2.05) is 30.5 Å². The Labute approximate surface area is 196 Å². The highest BCUT2D eigenvalue weighted by Crippen LogP contribution is 2.37. The Morgan fingerprint density at radius 2 is 1.88 bits per heavy atom. The third kappa shape index (κ3) is 3.43. The second-order valence-electron chi connectivity index (χ2n) is 9.25. The van der Waals surface area contributed by atoms with Gasteiger partial charge in [0.25, 0.3) is 5.91 Å². The van der Waals surface area contributed by atoms with Crippen LogP contribution in [-0.4, -0.2) is 75.6 Å². The summed E-state index contributed by atoms with van der Waals surface area (Å²) >= 11 is 0. The maximum absolute atomic E-state index is 12.9. The molecule has 6 rings (SSSR count). The van der Waals surface area contributed by atoms with Crippen LogP contribution in [0.3, 0.4) is 0 Å². The largest absolute Gasteiger partial charge is 0.369 e. The van der Waals surface area contributed by atoms with E-state index < -0.39 is 0 Å². The molecule has 4 aromatic rings. The normalized spacial score (nSPS) is 16.2. The maximum atomic E-state index is 12.9. The lowest BCUT2D eigenvalue weighted by Crippen LogP contribution is -2.71. The van der Waals surface area contributed by atoms with Crippen LogP contribution in [0, 0.1) is 5.41 Å². The fourth-order valence-corrected chi connectivity index (χ4v) is 4.63. The minimum Gasteiger partial charge on any atom is -0.369 e. The number of amides is 1. The van der Waals surface area contributed by atoms with E-state index in [0.29, 0.717) is 28.4 Å². The summed E-state index contributed by atoms with van der Waals surface area (Å²) in [6.45, 7) is 4.37. The van der Waals surface area contributed by atoms with Crippen LogP contribution in [0.15, 0.2) is 55.1 Å². The molecule has 2 aliphatic heterocycles. The first kappa shape index (κ1) is 20.5. The molecule has 2 N–H and O–H groups in total. The first-order chi connectivity index (χ1) is 16.5. The lowest BCUT2D eigenvalue weighted by Gasteiger charge is -2.57. The first-order valence-corrected chi connectivity index (χ1v) is 11.2. The first-order valence-electron chi connectivity index (χ1n) is 11.2. The molecule has 34 heavy (non-hydrogen) atoms. The van der Waals surface area contributed by atoms with E-state index in [4.69, 9.17) is 0 Å². The molecular weight excluding hydrogens is 430 g/mol. The van der Waals surface area contributed by atoms with Crippen molar-refractivity contribution >= 4 is 28.9 Å². The molecule has 2 fully saturated rings. The Morgan fingerprint density at radius 3 is 2.53 bits per heavy atom. The number of carbonyl (C=O) groups is 1. The zero-order valence-electron chi connectivity index (χ0n) is 19.1. The third-order valence-electron chi connectivity index (χ3n) is 6.51. The van der Waals surface area contributed by atoms with E-state index in [2.05, 4.69) is 41.7 Å². The summed E-state index contributed by atoms with van der Waals surface area (Å²) in [6, 6.07) is 9.55. The number of rotatable bonds is 5. The van der Waals surface area contributed by atoms with Gasteiger partial charge in [0.05, 0.1) is 34.9 Å². The Bertz CT molecular complexity index is 1350. The van der Waals surface area contributed by atoms with E-state index in [0.717, 1.165) is 42.9 Å². The molecular formula is C24H25N9O. The highest BCUT2D eigenvalue weighted by Gasteiger charge is 2.47. The van der Waals surface area contributed by atoms with Crippen molar-refractivity contribution < 1.29 is 4.79 Å². The fourth-order valence-electron chi connectivity index (χ4n) is 4.63. The molecule has 1 spiro atoms. The lowest BCUT2D eigenvalue weighted by molar-refractivity contribution is 0.0828. The number of pyridine rings is 2. The predicted molar refractivity (Wildman–Crippen MR) is 129 cm³/mol. The van der Waals surface area contributed by atoms with Crippen molar-refractivity contribution in [3.8, 4) is 11.3 Å². The molecule has 0 bridgehead atoms. The monoisotopic (exact) mass is 455 g/mol. The molecule has 172 valence electrons. The van der Waals surface area contributed by atoms with Crippen LogP contribution in [-0.2, 0) is 0 Å². The fraction of sp³-hybridized carbons (Fsp3) is 0.292. The minimum atomic E-state index is -0.102. The molecule has 2 saturated heterocycles. The molecule has 10 heteroatoms. The van der Waals surface area contributed by atoms with Crippen molar-refractivity contribution in [1.82, 2.24) is 34.8 Å². The van der Waals surface area contributed by atoms with Crippen LogP contribution >= 0.6 is 0 Å². The SMILES string of the molecule is CN(C)C(=O)c1cc2cnc(Nc3ccc(N4CC5(CNC5)C4)cn3)nn2c1-c1ccncc1. The number of carbonyl (C=O) groups excluding carboxylic acids is 1. The number of hydrogen-bond acceptors (Lipinski definition) is 8. The number of nitrogens with zero attached hydrogens (tertiary/aromatic N) is 7. The molecule has 0 unspecified atom stereocenters. The average Bonchev–Trinajstić information content (AvgIpc) is 3.17.